The van der Waals surface area contributed by atoms with Gasteiger partial charge in [0, 0.05) is 39.1 Å². The maximum absolute atomic E-state index is 12.0. The lowest BCUT2D eigenvalue weighted by molar-refractivity contribution is -0.130. The van der Waals surface area contributed by atoms with Crippen LogP contribution in [-0.2, 0) is 18.4 Å². The number of carbonyl (C=O) groups excluding carboxylic acids is 1. The molecule has 0 N–H and O–H groups in total. The minimum Gasteiger partial charge on any atom is -0.456 e. The van der Waals surface area contributed by atoms with Gasteiger partial charge in [-0.1, -0.05) is 12.1 Å². The zero-order chi connectivity index (χ0) is 19.1. The maximum atomic E-state index is 12.0. The van der Waals surface area contributed by atoms with E-state index in [9.17, 15) is 4.79 Å². The predicted octanol–water partition coefficient (Wildman–Crippen LogP) is 3.42. The van der Waals surface area contributed by atoms with Crippen LogP contribution in [0.3, 0.4) is 0 Å². The van der Waals surface area contributed by atoms with E-state index in [0.717, 1.165) is 80.2 Å². The molecule has 0 spiro atoms. The number of aryl methyl sites for hydroxylation is 1. The molecule has 0 bridgehead atoms. The van der Waals surface area contributed by atoms with Crippen LogP contribution in [0, 0.1) is 0 Å². The van der Waals surface area contributed by atoms with E-state index in [1.807, 2.05) is 31.3 Å². The standard InChI is InChI=1S/C22H26N4O2/c1-24-19-6-3-2-5-18(19)23-22(24)20-9-8-17(28-20)15-25-13-10-16(11-14-25)26-12-4-7-21(26)27/h2-3,5-6,8-9,16H,4,7,10-15H2,1H3. The molecular weight excluding hydrogens is 352 g/mol. The van der Waals surface area contributed by atoms with Gasteiger partial charge in [-0.05, 0) is 43.5 Å². The van der Waals surface area contributed by atoms with Crippen LogP contribution >= 0.6 is 0 Å². The summed E-state index contributed by atoms with van der Waals surface area (Å²) in [5.74, 6) is 2.99. The Kier molecular flexibility index (Phi) is 4.43. The quantitative estimate of drug-likeness (QED) is 0.698. The largest absolute Gasteiger partial charge is 0.456 e. The number of fused-ring (bicyclic) bond motifs is 1. The van der Waals surface area contributed by atoms with Crippen LogP contribution in [0.2, 0.25) is 0 Å². The molecule has 2 aliphatic heterocycles. The van der Waals surface area contributed by atoms with Crippen molar-refractivity contribution in [2.75, 3.05) is 19.6 Å². The third-order valence-electron chi connectivity index (χ3n) is 6.16. The molecule has 5 rings (SSSR count). The third-order valence-corrected chi connectivity index (χ3v) is 6.16. The lowest BCUT2D eigenvalue weighted by Gasteiger charge is -2.36. The zero-order valence-corrected chi connectivity index (χ0v) is 16.3. The molecule has 0 radical (unpaired) electrons. The first kappa shape index (κ1) is 17.5. The Morgan fingerprint density at radius 3 is 2.68 bits per heavy atom. The minimum absolute atomic E-state index is 0.344. The van der Waals surface area contributed by atoms with E-state index in [1.165, 1.54) is 0 Å². The average molecular weight is 378 g/mol. The van der Waals surface area contributed by atoms with Gasteiger partial charge in [0.15, 0.2) is 11.6 Å². The third kappa shape index (κ3) is 3.11. The van der Waals surface area contributed by atoms with E-state index in [4.69, 9.17) is 9.40 Å². The van der Waals surface area contributed by atoms with Crippen LogP contribution in [0.25, 0.3) is 22.6 Å². The SMILES string of the molecule is Cn1c(-c2ccc(CN3CCC(N4CCCC4=O)CC3)o2)nc2ccccc21. The van der Waals surface area contributed by atoms with E-state index in [1.54, 1.807) is 0 Å². The molecule has 1 aromatic carbocycles. The molecule has 2 fully saturated rings. The summed E-state index contributed by atoms with van der Waals surface area (Å²) in [6.07, 6.45) is 3.88. The summed E-state index contributed by atoms with van der Waals surface area (Å²) in [6, 6.07) is 12.6. The van der Waals surface area contributed by atoms with Gasteiger partial charge < -0.3 is 13.9 Å². The number of hydrogen-bond donors (Lipinski definition) is 0. The summed E-state index contributed by atoms with van der Waals surface area (Å²) in [5.41, 5.74) is 2.09. The fraction of sp³-hybridized carbons (Fsp3) is 0.455. The minimum atomic E-state index is 0.344. The van der Waals surface area contributed by atoms with Crippen molar-refractivity contribution in [3.05, 3.63) is 42.2 Å². The number of amides is 1. The summed E-state index contributed by atoms with van der Waals surface area (Å²) in [6.45, 7) is 3.78. The van der Waals surface area contributed by atoms with E-state index in [-0.39, 0.29) is 0 Å². The van der Waals surface area contributed by atoms with Gasteiger partial charge in [-0.2, -0.15) is 0 Å². The summed E-state index contributed by atoms with van der Waals surface area (Å²) in [5, 5.41) is 0. The topological polar surface area (TPSA) is 54.5 Å². The highest BCUT2D eigenvalue weighted by atomic mass is 16.3. The monoisotopic (exact) mass is 378 g/mol. The van der Waals surface area contributed by atoms with Gasteiger partial charge >= 0.3 is 0 Å². The number of benzene rings is 1. The van der Waals surface area contributed by atoms with Gasteiger partial charge in [0.25, 0.3) is 0 Å². The number of para-hydroxylation sites is 2. The van der Waals surface area contributed by atoms with Crippen molar-refractivity contribution in [3.63, 3.8) is 0 Å². The van der Waals surface area contributed by atoms with Crippen molar-refractivity contribution in [2.45, 2.75) is 38.3 Å². The normalized spacial score (nSPS) is 19.2. The second-order valence-corrected chi connectivity index (χ2v) is 7.95. The molecule has 6 nitrogen and oxygen atoms in total. The summed E-state index contributed by atoms with van der Waals surface area (Å²) >= 11 is 0. The molecule has 0 saturated carbocycles. The van der Waals surface area contributed by atoms with Crippen molar-refractivity contribution < 1.29 is 9.21 Å². The van der Waals surface area contributed by atoms with Gasteiger partial charge in [0.1, 0.15) is 5.76 Å². The van der Waals surface area contributed by atoms with Gasteiger partial charge in [-0.3, -0.25) is 9.69 Å². The van der Waals surface area contributed by atoms with Crippen molar-refractivity contribution >= 4 is 16.9 Å². The molecular formula is C22H26N4O2. The van der Waals surface area contributed by atoms with Gasteiger partial charge in [0.05, 0.1) is 17.6 Å². The molecule has 3 aromatic rings. The second kappa shape index (κ2) is 7.09. The molecule has 146 valence electrons. The smallest absolute Gasteiger partial charge is 0.222 e. The zero-order valence-electron chi connectivity index (χ0n) is 16.3. The molecule has 1 amide bonds. The first-order chi connectivity index (χ1) is 13.7. The molecule has 2 aliphatic rings. The van der Waals surface area contributed by atoms with Gasteiger partial charge in [-0.15, -0.1) is 0 Å². The van der Waals surface area contributed by atoms with Crippen molar-refractivity contribution in [1.29, 1.82) is 0 Å². The lowest BCUT2D eigenvalue weighted by Crippen LogP contribution is -2.45. The number of rotatable bonds is 4. The van der Waals surface area contributed by atoms with Crippen LogP contribution in [0.1, 0.15) is 31.4 Å². The summed E-state index contributed by atoms with van der Waals surface area (Å²) < 4.78 is 8.22. The summed E-state index contributed by atoms with van der Waals surface area (Å²) in [7, 11) is 2.03. The van der Waals surface area contributed by atoms with E-state index >= 15 is 0 Å². The molecule has 0 unspecified atom stereocenters. The Bertz CT molecular complexity index is 997. The average Bonchev–Trinajstić information content (AvgIpc) is 3.42. The first-order valence-corrected chi connectivity index (χ1v) is 10.2. The second-order valence-electron chi connectivity index (χ2n) is 7.95. The van der Waals surface area contributed by atoms with Gasteiger partial charge in [-0.25, -0.2) is 4.98 Å². The Morgan fingerprint density at radius 2 is 1.93 bits per heavy atom. The Morgan fingerprint density at radius 1 is 1.11 bits per heavy atom. The number of piperidine rings is 1. The van der Waals surface area contributed by atoms with Crippen LogP contribution in [0.15, 0.2) is 40.8 Å². The van der Waals surface area contributed by atoms with E-state index in [2.05, 4.69) is 26.5 Å². The first-order valence-electron chi connectivity index (χ1n) is 10.2. The number of carbonyl (C=O) groups is 1. The van der Waals surface area contributed by atoms with Crippen LogP contribution in [-0.4, -0.2) is 50.9 Å². The van der Waals surface area contributed by atoms with Crippen LogP contribution in [0.5, 0.6) is 0 Å². The molecule has 6 heteroatoms. The highest BCUT2D eigenvalue weighted by Gasteiger charge is 2.30. The Labute approximate surface area is 164 Å². The van der Waals surface area contributed by atoms with Crippen molar-refractivity contribution in [1.82, 2.24) is 19.4 Å². The predicted molar refractivity (Wildman–Crippen MR) is 108 cm³/mol. The van der Waals surface area contributed by atoms with Crippen molar-refractivity contribution in [3.8, 4) is 11.6 Å². The van der Waals surface area contributed by atoms with E-state index in [0.29, 0.717) is 11.9 Å². The fourth-order valence-electron chi connectivity index (χ4n) is 4.61. The number of furan rings is 1. The highest BCUT2D eigenvalue weighted by Crippen LogP contribution is 2.27. The molecule has 28 heavy (non-hydrogen) atoms. The number of nitrogens with zero attached hydrogens (tertiary/aromatic N) is 4. The number of imidazole rings is 1. The summed E-state index contributed by atoms with van der Waals surface area (Å²) in [4.78, 5) is 21.2. The molecule has 0 atom stereocenters. The van der Waals surface area contributed by atoms with Crippen molar-refractivity contribution in [2.24, 2.45) is 7.05 Å². The molecule has 2 saturated heterocycles. The van der Waals surface area contributed by atoms with Crippen LogP contribution < -0.4 is 0 Å². The number of hydrogen-bond acceptors (Lipinski definition) is 4. The number of likely N-dealkylation sites (tertiary alicyclic amines) is 2. The Balaban J connectivity index is 1.25. The molecule has 4 heterocycles. The lowest BCUT2D eigenvalue weighted by atomic mass is 10.0. The Hall–Kier alpha value is -2.60. The molecule has 2 aromatic heterocycles. The highest BCUT2D eigenvalue weighted by molar-refractivity contribution is 5.79. The number of aromatic nitrogens is 2. The molecule has 0 aliphatic carbocycles. The van der Waals surface area contributed by atoms with Crippen LogP contribution in [0.4, 0.5) is 0 Å². The van der Waals surface area contributed by atoms with E-state index < -0.39 is 0 Å². The fourth-order valence-corrected chi connectivity index (χ4v) is 4.61. The van der Waals surface area contributed by atoms with Gasteiger partial charge in [0.2, 0.25) is 5.91 Å². The maximum Gasteiger partial charge on any atom is 0.222 e.